The summed E-state index contributed by atoms with van der Waals surface area (Å²) in [5.74, 6) is 0.600. The first-order chi connectivity index (χ1) is 13.2. The molecular weight excluding hydrogens is 359 g/mol. The Morgan fingerprint density at radius 3 is 2.67 bits per heavy atom. The molecule has 0 saturated heterocycles. The van der Waals surface area contributed by atoms with E-state index in [2.05, 4.69) is 22.8 Å². The van der Waals surface area contributed by atoms with E-state index in [1.807, 2.05) is 29.6 Å². The van der Waals surface area contributed by atoms with Gasteiger partial charge in [-0.05, 0) is 41.3 Å². The maximum Gasteiger partial charge on any atom is 0.127 e. The van der Waals surface area contributed by atoms with E-state index in [1.54, 1.807) is 30.6 Å². The lowest BCUT2D eigenvalue weighted by Crippen LogP contribution is -2.14. The maximum atomic E-state index is 13.8. The Kier molecular flexibility index (Phi) is 5.14. The third-order valence-electron chi connectivity index (χ3n) is 4.49. The van der Waals surface area contributed by atoms with Crippen LogP contribution >= 0.6 is 11.3 Å². The van der Waals surface area contributed by atoms with Crippen molar-refractivity contribution in [2.24, 2.45) is 0 Å². The number of nitrogens with zero attached hydrogens (tertiary/aromatic N) is 1. The molecule has 2 aromatic heterocycles. The number of hydrogen-bond acceptors (Lipinski definition) is 4. The van der Waals surface area contributed by atoms with Gasteiger partial charge in [0.1, 0.15) is 11.6 Å². The van der Waals surface area contributed by atoms with Crippen LogP contribution in [0.2, 0.25) is 0 Å². The van der Waals surface area contributed by atoms with Crippen LogP contribution in [0, 0.1) is 5.82 Å². The third-order valence-corrected chi connectivity index (χ3v) is 5.17. The minimum atomic E-state index is -0.188. The maximum absolute atomic E-state index is 13.8. The van der Waals surface area contributed by atoms with E-state index in [0.29, 0.717) is 18.7 Å². The van der Waals surface area contributed by atoms with Gasteiger partial charge in [-0.3, -0.25) is 0 Å². The number of halogens is 1. The van der Waals surface area contributed by atoms with Gasteiger partial charge in [-0.25, -0.2) is 9.37 Å². The molecule has 0 spiro atoms. The van der Waals surface area contributed by atoms with Crippen LogP contribution in [0.5, 0.6) is 5.75 Å². The number of nitrogens with one attached hydrogen (secondary N) is 1. The van der Waals surface area contributed by atoms with Crippen molar-refractivity contribution in [2.45, 2.75) is 13.1 Å². The van der Waals surface area contributed by atoms with Gasteiger partial charge < -0.3 is 10.1 Å². The minimum Gasteiger partial charge on any atom is -0.497 e. The first kappa shape index (κ1) is 17.6. The summed E-state index contributed by atoms with van der Waals surface area (Å²) in [6.45, 7) is 1.07. The van der Waals surface area contributed by atoms with E-state index in [0.717, 1.165) is 33.5 Å². The molecule has 4 aromatic rings. The summed E-state index contributed by atoms with van der Waals surface area (Å²) in [7, 11) is 1.65. The lowest BCUT2D eigenvalue weighted by atomic mass is 10.0. The van der Waals surface area contributed by atoms with Gasteiger partial charge in [0, 0.05) is 41.0 Å². The molecule has 0 unspecified atom stereocenters. The molecular formula is C22H19FN2OS. The number of rotatable bonds is 6. The summed E-state index contributed by atoms with van der Waals surface area (Å²) in [5.41, 5.74) is 4.68. The van der Waals surface area contributed by atoms with Crippen LogP contribution in [0.3, 0.4) is 0 Å². The van der Waals surface area contributed by atoms with Gasteiger partial charge in [-0.2, -0.15) is 11.3 Å². The Labute approximate surface area is 161 Å². The predicted octanol–water partition coefficient (Wildman–Crippen LogP) is 5.40. The van der Waals surface area contributed by atoms with Crippen molar-refractivity contribution in [3.8, 4) is 17.0 Å². The number of ether oxygens (including phenoxy) is 1. The molecule has 4 rings (SSSR count). The molecule has 2 aromatic carbocycles. The van der Waals surface area contributed by atoms with E-state index in [9.17, 15) is 4.39 Å². The lowest BCUT2D eigenvalue weighted by Gasteiger charge is -2.12. The molecule has 0 aliphatic heterocycles. The number of benzene rings is 2. The van der Waals surface area contributed by atoms with Crippen LogP contribution in [0.1, 0.15) is 11.1 Å². The van der Waals surface area contributed by atoms with E-state index in [-0.39, 0.29) is 5.82 Å². The normalized spacial score (nSPS) is 11.0. The summed E-state index contributed by atoms with van der Waals surface area (Å²) in [5, 5.41) is 8.54. The van der Waals surface area contributed by atoms with Gasteiger partial charge in [0.25, 0.3) is 0 Å². The molecule has 27 heavy (non-hydrogen) atoms. The van der Waals surface area contributed by atoms with Crippen molar-refractivity contribution in [1.82, 2.24) is 10.3 Å². The van der Waals surface area contributed by atoms with Crippen LogP contribution < -0.4 is 10.1 Å². The van der Waals surface area contributed by atoms with Gasteiger partial charge in [0.15, 0.2) is 0 Å². The van der Waals surface area contributed by atoms with Crippen LogP contribution in [-0.2, 0) is 13.1 Å². The zero-order chi connectivity index (χ0) is 18.6. The number of hydrogen-bond donors (Lipinski definition) is 1. The van der Waals surface area contributed by atoms with Crippen LogP contribution in [-0.4, -0.2) is 12.1 Å². The SMILES string of the molecule is COc1ccc2cc(CNCc3ccccc3F)c(-c3ccsc3)nc2c1. The fraction of sp³-hybridized carbons (Fsp3) is 0.136. The van der Waals surface area contributed by atoms with Gasteiger partial charge in [-0.1, -0.05) is 18.2 Å². The van der Waals surface area contributed by atoms with Crippen LogP contribution in [0.25, 0.3) is 22.2 Å². The Morgan fingerprint density at radius 2 is 1.89 bits per heavy atom. The molecule has 0 aliphatic rings. The van der Waals surface area contributed by atoms with Crippen molar-refractivity contribution in [2.75, 3.05) is 7.11 Å². The Balaban J connectivity index is 1.65. The highest BCUT2D eigenvalue weighted by atomic mass is 32.1. The van der Waals surface area contributed by atoms with Crippen molar-refractivity contribution in [1.29, 1.82) is 0 Å². The highest BCUT2D eigenvalue weighted by molar-refractivity contribution is 7.08. The number of fused-ring (bicyclic) bond motifs is 1. The van der Waals surface area contributed by atoms with Crippen LogP contribution in [0.4, 0.5) is 4.39 Å². The predicted molar refractivity (Wildman–Crippen MR) is 109 cm³/mol. The monoisotopic (exact) mass is 378 g/mol. The number of pyridine rings is 1. The standard InChI is InChI=1S/C22H19FN2OS/c1-26-19-7-6-15-10-18(13-24-12-16-4-2-3-5-20(16)23)22(25-21(15)11-19)17-8-9-27-14-17/h2-11,14,24H,12-13H2,1H3. The second-order valence-electron chi connectivity index (χ2n) is 6.26. The van der Waals surface area contributed by atoms with Crippen molar-refractivity contribution >= 4 is 22.2 Å². The first-order valence-electron chi connectivity index (χ1n) is 8.69. The van der Waals surface area contributed by atoms with E-state index in [4.69, 9.17) is 9.72 Å². The Bertz CT molecular complexity index is 1060. The summed E-state index contributed by atoms with van der Waals surface area (Å²) < 4.78 is 19.2. The average Bonchev–Trinajstić information content (AvgIpc) is 3.23. The molecule has 0 saturated carbocycles. The fourth-order valence-electron chi connectivity index (χ4n) is 3.08. The van der Waals surface area contributed by atoms with Crippen molar-refractivity contribution < 1.29 is 9.13 Å². The van der Waals surface area contributed by atoms with E-state index >= 15 is 0 Å². The summed E-state index contributed by atoms with van der Waals surface area (Å²) in [4.78, 5) is 4.88. The zero-order valence-corrected chi connectivity index (χ0v) is 15.7. The van der Waals surface area contributed by atoms with E-state index < -0.39 is 0 Å². The summed E-state index contributed by atoms with van der Waals surface area (Å²) in [6, 6.07) is 16.9. The molecule has 0 aliphatic carbocycles. The molecule has 2 heterocycles. The molecule has 3 nitrogen and oxygen atoms in total. The third kappa shape index (κ3) is 3.84. The molecule has 5 heteroatoms. The topological polar surface area (TPSA) is 34.1 Å². The zero-order valence-electron chi connectivity index (χ0n) is 14.9. The number of methoxy groups -OCH3 is 1. The molecule has 0 fully saturated rings. The van der Waals surface area contributed by atoms with Crippen LogP contribution in [0.15, 0.2) is 65.4 Å². The summed E-state index contributed by atoms with van der Waals surface area (Å²) in [6.07, 6.45) is 0. The smallest absolute Gasteiger partial charge is 0.127 e. The average molecular weight is 378 g/mol. The highest BCUT2D eigenvalue weighted by Crippen LogP contribution is 2.29. The van der Waals surface area contributed by atoms with Gasteiger partial charge in [0.2, 0.25) is 0 Å². The Hall–Kier alpha value is -2.76. The quantitative estimate of drug-likeness (QED) is 0.488. The number of thiophene rings is 1. The Morgan fingerprint density at radius 1 is 1.04 bits per heavy atom. The second-order valence-corrected chi connectivity index (χ2v) is 7.04. The fourth-order valence-corrected chi connectivity index (χ4v) is 3.72. The molecule has 0 atom stereocenters. The van der Waals surface area contributed by atoms with Gasteiger partial charge >= 0.3 is 0 Å². The number of aromatic nitrogens is 1. The molecule has 0 radical (unpaired) electrons. The largest absolute Gasteiger partial charge is 0.497 e. The molecule has 136 valence electrons. The highest BCUT2D eigenvalue weighted by Gasteiger charge is 2.11. The first-order valence-corrected chi connectivity index (χ1v) is 9.63. The molecule has 1 N–H and O–H groups in total. The lowest BCUT2D eigenvalue weighted by molar-refractivity contribution is 0.415. The van der Waals surface area contributed by atoms with Gasteiger partial charge in [0.05, 0.1) is 18.3 Å². The molecule has 0 amide bonds. The van der Waals surface area contributed by atoms with Crippen molar-refractivity contribution in [3.05, 3.63) is 82.3 Å². The molecule has 0 bridgehead atoms. The van der Waals surface area contributed by atoms with Crippen molar-refractivity contribution in [3.63, 3.8) is 0 Å². The van der Waals surface area contributed by atoms with E-state index in [1.165, 1.54) is 6.07 Å². The summed E-state index contributed by atoms with van der Waals surface area (Å²) >= 11 is 1.64. The minimum absolute atomic E-state index is 0.188. The van der Waals surface area contributed by atoms with Gasteiger partial charge in [-0.15, -0.1) is 0 Å². The second kappa shape index (κ2) is 7.86.